The lowest BCUT2D eigenvalue weighted by Crippen LogP contribution is -2.22. The molecule has 3 nitrogen and oxygen atoms in total. The van der Waals surface area contributed by atoms with Crippen LogP contribution in [0, 0.1) is 0 Å². The molecular weight excluding hydrogens is 290 g/mol. The summed E-state index contributed by atoms with van der Waals surface area (Å²) >= 11 is 4.79. The minimum Gasteiger partial charge on any atom is -0.438 e. The SMILES string of the molecule is CCN(CC)c1cc(=O)c2scc(Br)c2o1. The van der Waals surface area contributed by atoms with Gasteiger partial charge in [0.05, 0.1) is 4.47 Å². The van der Waals surface area contributed by atoms with E-state index in [2.05, 4.69) is 15.9 Å². The van der Waals surface area contributed by atoms with Crippen LogP contribution >= 0.6 is 27.3 Å². The third-order valence-electron chi connectivity index (χ3n) is 2.46. The Hall–Kier alpha value is -0.810. The second-order valence-corrected chi connectivity index (χ2v) is 5.10. The molecule has 5 heteroatoms. The third-order valence-corrected chi connectivity index (χ3v) is 4.33. The average Bonchev–Trinajstić information content (AvgIpc) is 2.63. The van der Waals surface area contributed by atoms with Gasteiger partial charge in [0, 0.05) is 24.5 Å². The molecule has 0 aliphatic rings. The summed E-state index contributed by atoms with van der Waals surface area (Å²) in [5, 5.41) is 1.88. The van der Waals surface area contributed by atoms with E-state index in [1.54, 1.807) is 6.07 Å². The fraction of sp³-hybridized carbons (Fsp3) is 0.364. The Bertz CT molecular complexity index is 557. The van der Waals surface area contributed by atoms with Crippen LogP contribution in [0.3, 0.4) is 0 Å². The van der Waals surface area contributed by atoms with Gasteiger partial charge in [-0.1, -0.05) is 0 Å². The van der Waals surface area contributed by atoms with Gasteiger partial charge < -0.3 is 9.32 Å². The zero-order valence-corrected chi connectivity index (χ0v) is 11.5. The molecule has 2 aromatic heterocycles. The van der Waals surface area contributed by atoms with Crippen LogP contribution in [0.1, 0.15) is 13.8 Å². The van der Waals surface area contributed by atoms with Crippen LogP contribution in [0.15, 0.2) is 25.1 Å². The van der Waals surface area contributed by atoms with E-state index in [1.165, 1.54) is 11.3 Å². The highest BCUT2D eigenvalue weighted by atomic mass is 79.9. The lowest BCUT2D eigenvalue weighted by atomic mass is 10.4. The van der Waals surface area contributed by atoms with E-state index < -0.39 is 0 Å². The Morgan fingerprint density at radius 1 is 1.44 bits per heavy atom. The van der Waals surface area contributed by atoms with E-state index >= 15 is 0 Å². The highest BCUT2D eigenvalue weighted by Crippen LogP contribution is 2.30. The summed E-state index contributed by atoms with van der Waals surface area (Å²) in [6, 6.07) is 1.57. The van der Waals surface area contributed by atoms with Crippen molar-refractivity contribution in [1.82, 2.24) is 0 Å². The van der Waals surface area contributed by atoms with Gasteiger partial charge in [0.2, 0.25) is 5.43 Å². The lowest BCUT2D eigenvalue weighted by Gasteiger charge is -2.18. The maximum absolute atomic E-state index is 11.9. The molecule has 0 aromatic carbocycles. The molecule has 0 fully saturated rings. The summed E-state index contributed by atoms with van der Waals surface area (Å²) in [5.74, 6) is 0.640. The molecule has 0 saturated carbocycles. The van der Waals surface area contributed by atoms with Crippen molar-refractivity contribution in [2.75, 3.05) is 18.0 Å². The molecule has 0 spiro atoms. The first-order valence-corrected chi connectivity index (χ1v) is 6.80. The van der Waals surface area contributed by atoms with Gasteiger partial charge in [0.25, 0.3) is 0 Å². The number of hydrogen-bond acceptors (Lipinski definition) is 4. The molecule has 86 valence electrons. The maximum atomic E-state index is 11.9. The fourth-order valence-electron chi connectivity index (χ4n) is 1.59. The minimum atomic E-state index is 0.0267. The van der Waals surface area contributed by atoms with Gasteiger partial charge in [-0.3, -0.25) is 4.79 Å². The maximum Gasteiger partial charge on any atom is 0.204 e. The molecule has 2 aromatic rings. The quantitative estimate of drug-likeness (QED) is 0.870. The van der Waals surface area contributed by atoms with E-state index in [4.69, 9.17) is 4.42 Å². The molecule has 0 aliphatic carbocycles. The Morgan fingerprint density at radius 3 is 2.75 bits per heavy atom. The second-order valence-electron chi connectivity index (χ2n) is 3.36. The highest BCUT2D eigenvalue weighted by molar-refractivity contribution is 9.10. The summed E-state index contributed by atoms with van der Waals surface area (Å²) < 4.78 is 7.26. The lowest BCUT2D eigenvalue weighted by molar-refractivity contribution is 0.578. The smallest absolute Gasteiger partial charge is 0.204 e. The predicted molar refractivity (Wildman–Crippen MR) is 71.6 cm³/mol. The summed E-state index contributed by atoms with van der Waals surface area (Å²) in [5.41, 5.74) is 0.679. The van der Waals surface area contributed by atoms with Gasteiger partial charge >= 0.3 is 0 Å². The zero-order valence-electron chi connectivity index (χ0n) is 9.12. The molecular formula is C11H12BrNO2S. The molecule has 0 aliphatic heterocycles. The number of thiophene rings is 1. The second kappa shape index (κ2) is 4.59. The molecule has 0 atom stereocenters. The van der Waals surface area contributed by atoms with Crippen LogP contribution < -0.4 is 10.3 Å². The standard InChI is InChI=1S/C11H12BrNO2S/c1-3-13(4-2)9-5-8(14)11-10(15-9)7(12)6-16-11/h5-6H,3-4H2,1-2H3. The molecule has 2 heterocycles. The van der Waals surface area contributed by atoms with Crippen molar-refractivity contribution in [2.45, 2.75) is 13.8 Å². The Balaban J connectivity index is 2.64. The normalized spacial score (nSPS) is 10.9. The van der Waals surface area contributed by atoms with Crippen LogP contribution in [-0.2, 0) is 0 Å². The topological polar surface area (TPSA) is 33.5 Å². The van der Waals surface area contributed by atoms with Crippen molar-refractivity contribution in [3.63, 3.8) is 0 Å². The van der Waals surface area contributed by atoms with E-state index in [0.717, 1.165) is 17.6 Å². The van der Waals surface area contributed by atoms with Crippen LogP contribution in [0.2, 0.25) is 0 Å². The molecule has 2 rings (SSSR count). The van der Waals surface area contributed by atoms with Crippen molar-refractivity contribution in [3.05, 3.63) is 26.1 Å². The molecule has 0 saturated heterocycles. The molecule has 0 N–H and O–H groups in total. The first kappa shape index (κ1) is 11.7. The van der Waals surface area contributed by atoms with E-state index in [1.807, 2.05) is 24.1 Å². The van der Waals surface area contributed by atoms with Gasteiger partial charge in [-0.25, -0.2) is 0 Å². The molecule has 0 radical (unpaired) electrons. The number of fused-ring (bicyclic) bond motifs is 1. The van der Waals surface area contributed by atoms with Crippen molar-refractivity contribution in [1.29, 1.82) is 0 Å². The number of halogens is 1. The monoisotopic (exact) mass is 301 g/mol. The van der Waals surface area contributed by atoms with Crippen LogP contribution in [0.5, 0.6) is 0 Å². The van der Waals surface area contributed by atoms with Gasteiger partial charge in [0.1, 0.15) is 4.70 Å². The Labute approximate surface area is 106 Å². The highest BCUT2D eigenvalue weighted by Gasteiger charge is 2.12. The first-order chi connectivity index (χ1) is 7.67. The van der Waals surface area contributed by atoms with Gasteiger partial charge in [-0.2, -0.15) is 0 Å². The van der Waals surface area contributed by atoms with E-state index in [9.17, 15) is 4.79 Å². The third kappa shape index (κ3) is 1.89. The Kier molecular flexibility index (Phi) is 3.35. The molecule has 0 bridgehead atoms. The summed E-state index contributed by atoms with van der Waals surface area (Å²) in [6.45, 7) is 5.73. The number of anilines is 1. The summed E-state index contributed by atoms with van der Waals surface area (Å²) in [7, 11) is 0. The van der Waals surface area contributed by atoms with E-state index in [0.29, 0.717) is 16.2 Å². The summed E-state index contributed by atoms with van der Waals surface area (Å²) in [6.07, 6.45) is 0. The molecule has 16 heavy (non-hydrogen) atoms. The number of hydrogen-bond donors (Lipinski definition) is 0. The Morgan fingerprint density at radius 2 is 2.12 bits per heavy atom. The molecule has 0 amide bonds. The predicted octanol–water partition coefficient (Wildman–Crippen LogP) is 3.46. The fourth-order valence-corrected chi connectivity index (χ4v) is 3.05. The van der Waals surface area contributed by atoms with Crippen LogP contribution in [-0.4, -0.2) is 13.1 Å². The number of nitrogens with zero attached hydrogens (tertiary/aromatic N) is 1. The van der Waals surface area contributed by atoms with Gasteiger partial charge in [-0.05, 0) is 29.8 Å². The van der Waals surface area contributed by atoms with Gasteiger partial charge in [0.15, 0.2) is 11.5 Å². The largest absolute Gasteiger partial charge is 0.438 e. The van der Waals surface area contributed by atoms with E-state index in [-0.39, 0.29) is 5.43 Å². The minimum absolute atomic E-state index is 0.0267. The van der Waals surface area contributed by atoms with Crippen molar-refractivity contribution in [2.24, 2.45) is 0 Å². The zero-order chi connectivity index (χ0) is 11.7. The first-order valence-electron chi connectivity index (χ1n) is 5.13. The van der Waals surface area contributed by atoms with Gasteiger partial charge in [-0.15, -0.1) is 11.3 Å². The van der Waals surface area contributed by atoms with Crippen molar-refractivity contribution in [3.8, 4) is 0 Å². The van der Waals surface area contributed by atoms with Crippen molar-refractivity contribution < 1.29 is 4.42 Å². The number of rotatable bonds is 3. The molecule has 0 unspecified atom stereocenters. The summed E-state index contributed by atoms with van der Waals surface area (Å²) in [4.78, 5) is 13.9. The van der Waals surface area contributed by atoms with Crippen LogP contribution in [0.4, 0.5) is 5.88 Å². The van der Waals surface area contributed by atoms with Crippen LogP contribution in [0.25, 0.3) is 10.3 Å². The average molecular weight is 302 g/mol. The van der Waals surface area contributed by atoms with Crippen molar-refractivity contribution >= 4 is 43.4 Å².